The van der Waals surface area contributed by atoms with E-state index in [0.717, 1.165) is 0 Å². The van der Waals surface area contributed by atoms with Crippen molar-refractivity contribution in [2.24, 2.45) is 5.92 Å². The van der Waals surface area contributed by atoms with Crippen LogP contribution < -0.4 is 20.3 Å². The summed E-state index contributed by atoms with van der Waals surface area (Å²) in [6.45, 7) is 4.66. The molecule has 0 fully saturated rings. The summed E-state index contributed by atoms with van der Waals surface area (Å²) in [5.41, 5.74) is 4.92. The van der Waals surface area contributed by atoms with Crippen molar-refractivity contribution in [3.05, 3.63) is 65.5 Å². The molecule has 0 unspecified atom stereocenters. The lowest BCUT2D eigenvalue weighted by atomic mass is 10.2. The molecule has 0 atom stereocenters. The minimum Gasteiger partial charge on any atom is -0.493 e. The van der Waals surface area contributed by atoms with E-state index in [9.17, 15) is 14.0 Å². The molecular weight excluding hydrogens is 363 g/mol. The Morgan fingerprint density at radius 3 is 2.54 bits per heavy atom. The number of rotatable bonds is 7. The van der Waals surface area contributed by atoms with Crippen molar-refractivity contribution in [2.45, 2.75) is 13.8 Å². The molecule has 0 saturated carbocycles. The third-order valence-electron chi connectivity index (χ3n) is 3.60. The summed E-state index contributed by atoms with van der Waals surface area (Å²) in [6, 6.07) is 10.8. The predicted molar refractivity (Wildman–Crippen MR) is 104 cm³/mol. The largest absolute Gasteiger partial charge is 0.493 e. The predicted octanol–water partition coefficient (Wildman–Crippen LogP) is 3.34. The van der Waals surface area contributed by atoms with Gasteiger partial charge in [-0.25, -0.2) is 4.39 Å². The van der Waals surface area contributed by atoms with Crippen LogP contribution in [0.3, 0.4) is 0 Å². The summed E-state index contributed by atoms with van der Waals surface area (Å²) in [5, 5.41) is 0. The van der Waals surface area contributed by atoms with E-state index in [4.69, 9.17) is 9.47 Å². The van der Waals surface area contributed by atoms with Crippen LogP contribution in [0.4, 0.5) is 4.39 Å². The monoisotopic (exact) mass is 386 g/mol. The zero-order valence-corrected chi connectivity index (χ0v) is 16.0. The number of benzene rings is 2. The van der Waals surface area contributed by atoms with Crippen LogP contribution in [0.5, 0.6) is 11.5 Å². The van der Waals surface area contributed by atoms with Crippen molar-refractivity contribution in [1.82, 2.24) is 10.9 Å². The molecule has 0 saturated heterocycles. The Hall–Kier alpha value is -3.35. The van der Waals surface area contributed by atoms with E-state index in [1.165, 1.54) is 37.5 Å². The Morgan fingerprint density at radius 2 is 1.86 bits per heavy atom. The average Bonchev–Trinajstić information content (AvgIpc) is 2.69. The smallest absolute Gasteiger partial charge is 0.272 e. The van der Waals surface area contributed by atoms with Gasteiger partial charge in [-0.05, 0) is 41.8 Å². The number of methoxy groups -OCH3 is 1. The van der Waals surface area contributed by atoms with Gasteiger partial charge >= 0.3 is 0 Å². The third kappa shape index (κ3) is 6.12. The first kappa shape index (κ1) is 21.0. The number of hydrogen-bond acceptors (Lipinski definition) is 4. The molecule has 6 nitrogen and oxygen atoms in total. The number of ether oxygens (including phenoxy) is 2. The summed E-state index contributed by atoms with van der Waals surface area (Å²) in [4.78, 5) is 23.7. The Bertz CT molecular complexity index is 865. The minimum atomic E-state index is -0.742. The maximum absolute atomic E-state index is 13.5. The standard InChI is InChI=1S/C21H23FN2O4/c1-14(2)13-28-18-10-8-15(12-19(18)27-3)9-11-20(25)23-24-21(26)16-6-4-5-7-17(16)22/h4-12,14H,13H2,1-3H3,(H,23,25)(H,24,26)/b11-9+. The quantitative estimate of drug-likeness (QED) is 0.565. The van der Waals surface area contributed by atoms with Crippen molar-refractivity contribution >= 4 is 17.9 Å². The lowest BCUT2D eigenvalue weighted by Crippen LogP contribution is -2.41. The molecule has 0 aliphatic heterocycles. The summed E-state index contributed by atoms with van der Waals surface area (Å²) < 4.78 is 24.5. The van der Waals surface area contributed by atoms with Gasteiger partial charge in [-0.3, -0.25) is 20.4 Å². The van der Waals surface area contributed by atoms with Crippen molar-refractivity contribution in [2.75, 3.05) is 13.7 Å². The number of carbonyl (C=O) groups is 2. The summed E-state index contributed by atoms with van der Waals surface area (Å²) in [7, 11) is 1.54. The molecule has 0 aliphatic carbocycles. The SMILES string of the molecule is COc1cc(/C=C/C(=O)NNC(=O)c2ccccc2F)ccc1OCC(C)C. The second-order valence-corrected chi connectivity index (χ2v) is 6.37. The molecule has 0 heterocycles. The van der Waals surface area contributed by atoms with Gasteiger partial charge in [-0.1, -0.05) is 32.0 Å². The molecule has 2 aromatic rings. The van der Waals surface area contributed by atoms with Crippen LogP contribution in [0.2, 0.25) is 0 Å². The van der Waals surface area contributed by atoms with E-state index in [2.05, 4.69) is 10.9 Å². The van der Waals surface area contributed by atoms with Crippen LogP contribution in [0, 0.1) is 11.7 Å². The Balaban J connectivity index is 1.94. The van der Waals surface area contributed by atoms with E-state index in [-0.39, 0.29) is 5.56 Å². The first-order valence-electron chi connectivity index (χ1n) is 8.74. The van der Waals surface area contributed by atoms with Crippen molar-refractivity contribution in [3.8, 4) is 11.5 Å². The first-order valence-corrected chi connectivity index (χ1v) is 8.74. The highest BCUT2D eigenvalue weighted by Crippen LogP contribution is 2.28. The van der Waals surface area contributed by atoms with Gasteiger partial charge < -0.3 is 9.47 Å². The molecule has 0 spiro atoms. The fourth-order valence-corrected chi connectivity index (χ4v) is 2.21. The Morgan fingerprint density at radius 1 is 1.11 bits per heavy atom. The maximum atomic E-state index is 13.5. The number of halogens is 1. The van der Waals surface area contributed by atoms with E-state index in [1.54, 1.807) is 24.3 Å². The van der Waals surface area contributed by atoms with Gasteiger partial charge in [0.05, 0.1) is 19.3 Å². The summed E-state index contributed by atoms with van der Waals surface area (Å²) in [5.74, 6) is -0.424. The minimum absolute atomic E-state index is 0.159. The van der Waals surface area contributed by atoms with Gasteiger partial charge in [0.25, 0.3) is 11.8 Å². The Kier molecular flexibility index (Phi) is 7.56. The molecule has 0 bridgehead atoms. The van der Waals surface area contributed by atoms with E-state index < -0.39 is 17.6 Å². The van der Waals surface area contributed by atoms with E-state index >= 15 is 0 Å². The highest BCUT2D eigenvalue weighted by atomic mass is 19.1. The molecule has 148 valence electrons. The molecule has 28 heavy (non-hydrogen) atoms. The lowest BCUT2D eigenvalue weighted by molar-refractivity contribution is -0.117. The van der Waals surface area contributed by atoms with Gasteiger partial charge in [0.2, 0.25) is 0 Å². The second kappa shape index (κ2) is 10.1. The van der Waals surface area contributed by atoms with Crippen molar-refractivity contribution in [3.63, 3.8) is 0 Å². The normalized spacial score (nSPS) is 10.8. The lowest BCUT2D eigenvalue weighted by Gasteiger charge is -2.12. The Labute approximate surface area is 163 Å². The number of carbonyl (C=O) groups excluding carboxylic acids is 2. The molecular formula is C21H23FN2O4. The number of nitrogens with one attached hydrogen (secondary N) is 2. The third-order valence-corrected chi connectivity index (χ3v) is 3.60. The molecule has 2 N–H and O–H groups in total. The van der Waals surface area contributed by atoms with Crippen molar-refractivity contribution in [1.29, 1.82) is 0 Å². The topological polar surface area (TPSA) is 76.7 Å². The number of amides is 2. The molecule has 7 heteroatoms. The van der Waals surface area contributed by atoms with Crippen LogP contribution in [0.25, 0.3) is 6.08 Å². The molecule has 2 amide bonds. The molecule has 0 aromatic heterocycles. The average molecular weight is 386 g/mol. The van der Waals surface area contributed by atoms with E-state index in [1.807, 2.05) is 13.8 Å². The van der Waals surface area contributed by atoms with Crippen LogP contribution in [0.15, 0.2) is 48.5 Å². The molecule has 2 aromatic carbocycles. The highest BCUT2D eigenvalue weighted by molar-refractivity contribution is 5.98. The van der Waals surface area contributed by atoms with Crippen LogP contribution >= 0.6 is 0 Å². The first-order chi connectivity index (χ1) is 13.4. The van der Waals surface area contributed by atoms with Gasteiger partial charge in [0, 0.05) is 6.08 Å². The maximum Gasteiger partial charge on any atom is 0.272 e. The van der Waals surface area contributed by atoms with Crippen LogP contribution in [-0.4, -0.2) is 25.5 Å². The second-order valence-electron chi connectivity index (χ2n) is 6.37. The zero-order chi connectivity index (χ0) is 20.5. The number of hydrogen-bond donors (Lipinski definition) is 2. The van der Waals surface area contributed by atoms with Gasteiger partial charge in [0.1, 0.15) is 5.82 Å². The van der Waals surface area contributed by atoms with E-state index in [0.29, 0.717) is 29.6 Å². The summed E-state index contributed by atoms with van der Waals surface area (Å²) >= 11 is 0. The molecule has 0 radical (unpaired) electrons. The van der Waals surface area contributed by atoms with Gasteiger partial charge in [-0.2, -0.15) is 0 Å². The number of hydrazine groups is 1. The van der Waals surface area contributed by atoms with Crippen molar-refractivity contribution < 1.29 is 23.5 Å². The van der Waals surface area contributed by atoms with Gasteiger partial charge in [0.15, 0.2) is 11.5 Å². The zero-order valence-electron chi connectivity index (χ0n) is 16.0. The summed E-state index contributed by atoms with van der Waals surface area (Å²) in [6.07, 6.45) is 2.80. The van der Waals surface area contributed by atoms with Crippen LogP contribution in [0.1, 0.15) is 29.8 Å². The highest BCUT2D eigenvalue weighted by Gasteiger charge is 2.11. The molecule has 2 rings (SSSR count). The fraction of sp³-hybridized carbons (Fsp3) is 0.238. The van der Waals surface area contributed by atoms with Crippen LogP contribution in [-0.2, 0) is 4.79 Å². The molecule has 0 aliphatic rings. The van der Waals surface area contributed by atoms with Gasteiger partial charge in [-0.15, -0.1) is 0 Å². The fourth-order valence-electron chi connectivity index (χ4n) is 2.21.